The minimum atomic E-state index is -3.93. The van der Waals surface area contributed by atoms with E-state index in [4.69, 9.17) is 17.3 Å². The van der Waals surface area contributed by atoms with Gasteiger partial charge >= 0.3 is 10.2 Å². The second-order valence-electron chi connectivity index (χ2n) is 5.89. The molecular formula is C18H14ClN5O2S. The van der Waals surface area contributed by atoms with Crippen molar-refractivity contribution in [3.05, 3.63) is 65.3 Å². The van der Waals surface area contributed by atoms with E-state index >= 15 is 0 Å². The lowest BCUT2D eigenvalue weighted by molar-refractivity contribution is 0.595. The van der Waals surface area contributed by atoms with Gasteiger partial charge in [-0.25, -0.2) is 14.3 Å². The van der Waals surface area contributed by atoms with Gasteiger partial charge in [0.1, 0.15) is 0 Å². The summed E-state index contributed by atoms with van der Waals surface area (Å²) in [7, 11) is -2.56. The van der Waals surface area contributed by atoms with E-state index in [9.17, 15) is 8.42 Å². The Morgan fingerprint density at radius 2 is 1.48 bits per heavy atom. The first-order valence-corrected chi connectivity index (χ1v) is 9.72. The van der Waals surface area contributed by atoms with Crippen molar-refractivity contribution in [2.45, 2.75) is 0 Å². The van der Waals surface area contributed by atoms with Crippen LogP contribution in [0, 0.1) is 0 Å². The fourth-order valence-electron chi connectivity index (χ4n) is 2.76. The molecule has 136 valence electrons. The molecule has 0 saturated carbocycles. The number of rotatable bonds is 2. The third kappa shape index (κ3) is 3.02. The Morgan fingerprint density at radius 3 is 2.15 bits per heavy atom. The van der Waals surface area contributed by atoms with Crippen molar-refractivity contribution in [2.24, 2.45) is 10.1 Å². The van der Waals surface area contributed by atoms with Gasteiger partial charge in [0.2, 0.25) is 0 Å². The number of nitrogens with zero attached hydrogens (tertiary/aromatic N) is 4. The lowest BCUT2D eigenvalue weighted by atomic mass is 10.0. The first-order valence-electron chi connectivity index (χ1n) is 7.95. The number of fused-ring (bicyclic) bond motifs is 1. The lowest BCUT2D eigenvalue weighted by Crippen LogP contribution is -2.36. The molecule has 0 fully saturated rings. The number of nitrogens with two attached hydrogens (primary N) is 1. The molecule has 0 saturated heterocycles. The van der Waals surface area contributed by atoms with Crippen LogP contribution in [0.5, 0.6) is 0 Å². The standard InChI is InChI=1S/C18H14ClN5O2S/c1-24-18-16(17(20)23-27(24,25)26)21-14(12-7-9-13(19)10-8-12)15(22-18)11-5-3-2-4-6-11/h2-10H,1H3,(H2,20,23). The Labute approximate surface area is 161 Å². The van der Waals surface area contributed by atoms with Crippen LogP contribution >= 0.6 is 11.6 Å². The zero-order chi connectivity index (χ0) is 19.2. The van der Waals surface area contributed by atoms with Crippen LogP contribution in [0.4, 0.5) is 5.82 Å². The smallest absolute Gasteiger partial charge is 0.347 e. The summed E-state index contributed by atoms with van der Waals surface area (Å²) < 4.78 is 28.9. The molecule has 9 heteroatoms. The van der Waals surface area contributed by atoms with E-state index in [1.807, 2.05) is 42.5 Å². The molecule has 2 N–H and O–H groups in total. The molecule has 0 amide bonds. The van der Waals surface area contributed by atoms with Gasteiger partial charge in [-0.1, -0.05) is 54.1 Å². The Morgan fingerprint density at radius 1 is 0.889 bits per heavy atom. The molecule has 1 aromatic heterocycles. The van der Waals surface area contributed by atoms with Crippen molar-refractivity contribution >= 4 is 33.5 Å². The molecule has 0 bridgehead atoms. The van der Waals surface area contributed by atoms with Crippen LogP contribution in [-0.4, -0.2) is 31.3 Å². The van der Waals surface area contributed by atoms with Crippen LogP contribution in [0.25, 0.3) is 22.5 Å². The van der Waals surface area contributed by atoms with Gasteiger partial charge in [0.05, 0.1) is 11.4 Å². The third-order valence-corrected chi connectivity index (χ3v) is 5.69. The number of amidine groups is 1. The number of benzene rings is 2. The summed E-state index contributed by atoms with van der Waals surface area (Å²) >= 11 is 6.00. The summed E-state index contributed by atoms with van der Waals surface area (Å²) in [6.45, 7) is 0. The van der Waals surface area contributed by atoms with Gasteiger partial charge < -0.3 is 5.73 Å². The molecule has 0 unspecified atom stereocenters. The molecule has 1 aliphatic heterocycles. The summed E-state index contributed by atoms with van der Waals surface area (Å²) in [4.78, 5) is 9.22. The van der Waals surface area contributed by atoms with Crippen LogP contribution in [0.1, 0.15) is 5.69 Å². The Balaban J connectivity index is 2.04. The number of halogens is 1. The quantitative estimate of drug-likeness (QED) is 0.713. The predicted molar refractivity (Wildman–Crippen MR) is 106 cm³/mol. The molecule has 3 aromatic rings. The van der Waals surface area contributed by atoms with Gasteiger partial charge in [0.15, 0.2) is 17.3 Å². The molecule has 0 aliphatic carbocycles. The highest BCUT2D eigenvalue weighted by atomic mass is 35.5. The van der Waals surface area contributed by atoms with Crippen LogP contribution < -0.4 is 10.0 Å². The minimum Gasteiger partial charge on any atom is -0.381 e. The van der Waals surface area contributed by atoms with Crippen LogP contribution in [0.15, 0.2) is 59.0 Å². The average molecular weight is 400 g/mol. The molecule has 1 aliphatic rings. The molecule has 0 spiro atoms. The van der Waals surface area contributed by atoms with Gasteiger partial charge in [0.25, 0.3) is 0 Å². The van der Waals surface area contributed by atoms with Crippen molar-refractivity contribution in [3.63, 3.8) is 0 Å². The Hall–Kier alpha value is -2.97. The summed E-state index contributed by atoms with van der Waals surface area (Å²) in [5.74, 6) is -0.0514. The largest absolute Gasteiger partial charge is 0.381 e. The van der Waals surface area contributed by atoms with E-state index < -0.39 is 10.2 Å². The van der Waals surface area contributed by atoms with Crippen molar-refractivity contribution in [3.8, 4) is 22.5 Å². The van der Waals surface area contributed by atoms with Gasteiger partial charge in [-0.15, -0.1) is 4.40 Å². The fraction of sp³-hybridized carbons (Fsp3) is 0.0556. The normalized spacial score (nSPS) is 15.2. The van der Waals surface area contributed by atoms with E-state index in [0.29, 0.717) is 16.4 Å². The zero-order valence-corrected chi connectivity index (χ0v) is 15.7. The highest BCUT2D eigenvalue weighted by molar-refractivity contribution is 7.91. The molecule has 2 heterocycles. The van der Waals surface area contributed by atoms with Gasteiger partial charge in [0, 0.05) is 23.2 Å². The minimum absolute atomic E-state index is 0.138. The maximum Gasteiger partial charge on any atom is 0.347 e. The number of anilines is 1. The van der Waals surface area contributed by atoms with E-state index in [-0.39, 0.29) is 17.3 Å². The van der Waals surface area contributed by atoms with Gasteiger partial charge in [-0.05, 0) is 12.1 Å². The first-order chi connectivity index (χ1) is 12.9. The first kappa shape index (κ1) is 17.4. The highest BCUT2D eigenvalue weighted by Crippen LogP contribution is 2.34. The lowest BCUT2D eigenvalue weighted by Gasteiger charge is -2.24. The van der Waals surface area contributed by atoms with Crippen molar-refractivity contribution in [1.29, 1.82) is 0 Å². The second-order valence-corrected chi connectivity index (χ2v) is 7.95. The summed E-state index contributed by atoms with van der Waals surface area (Å²) in [5, 5.41) is 0.595. The maximum absolute atomic E-state index is 12.2. The van der Waals surface area contributed by atoms with Crippen LogP contribution in [-0.2, 0) is 10.2 Å². The van der Waals surface area contributed by atoms with Gasteiger partial charge in [-0.3, -0.25) is 0 Å². The average Bonchev–Trinajstić information content (AvgIpc) is 2.66. The maximum atomic E-state index is 12.2. The van der Waals surface area contributed by atoms with Crippen molar-refractivity contribution < 1.29 is 8.42 Å². The van der Waals surface area contributed by atoms with Crippen LogP contribution in [0.3, 0.4) is 0 Å². The predicted octanol–water partition coefficient (Wildman–Crippen LogP) is 2.86. The van der Waals surface area contributed by atoms with E-state index in [0.717, 1.165) is 15.4 Å². The Kier molecular flexibility index (Phi) is 4.09. The topological polar surface area (TPSA) is 102 Å². The zero-order valence-electron chi connectivity index (χ0n) is 14.2. The van der Waals surface area contributed by atoms with Crippen LogP contribution in [0.2, 0.25) is 5.02 Å². The van der Waals surface area contributed by atoms with Gasteiger partial charge in [-0.2, -0.15) is 8.42 Å². The SMILES string of the molecule is CN1c2nc(-c3ccccc3)c(-c3ccc(Cl)cc3)nc2C(N)=NS1(=O)=O. The van der Waals surface area contributed by atoms with E-state index in [2.05, 4.69) is 14.4 Å². The molecule has 0 atom stereocenters. The molecule has 2 aromatic carbocycles. The molecule has 0 radical (unpaired) electrons. The third-order valence-electron chi connectivity index (χ3n) is 4.14. The molecule has 7 nitrogen and oxygen atoms in total. The number of hydrogen-bond donors (Lipinski definition) is 1. The van der Waals surface area contributed by atoms with Crippen molar-refractivity contribution in [2.75, 3.05) is 11.4 Å². The Bertz CT molecular complexity index is 1160. The van der Waals surface area contributed by atoms with E-state index in [1.54, 1.807) is 12.1 Å². The van der Waals surface area contributed by atoms with E-state index in [1.165, 1.54) is 7.05 Å². The highest BCUT2D eigenvalue weighted by Gasteiger charge is 2.31. The molecular weight excluding hydrogens is 386 g/mol. The molecule has 27 heavy (non-hydrogen) atoms. The summed E-state index contributed by atoms with van der Waals surface area (Å²) in [6, 6.07) is 16.5. The number of aromatic nitrogens is 2. The summed E-state index contributed by atoms with van der Waals surface area (Å²) in [6.07, 6.45) is 0. The monoisotopic (exact) mass is 399 g/mol. The van der Waals surface area contributed by atoms with Crippen molar-refractivity contribution in [1.82, 2.24) is 9.97 Å². The number of hydrogen-bond acceptors (Lipinski definition) is 5. The molecule has 4 rings (SSSR count). The fourth-order valence-corrected chi connectivity index (χ4v) is 3.69. The summed E-state index contributed by atoms with van der Waals surface area (Å²) in [5.41, 5.74) is 8.75. The second kappa shape index (κ2) is 6.33.